The zero-order valence-corrected chi connectivity index (χ0v) is 13.0. The quantitative estimate of drug-likeness (QED) is 0.772. The standard InChI is InChI=1S/C13H19N3O4S/c1-13(2,3)20-12(19)16-11-15-8(6-14-7-4-5-7)9(21-11)10(17)18/h7,14H,4-6H2,1-3H3,(H,17,18)(H,15,16,19). The van der Waals surface area contributed by atoms with Crippen molar-refractivity contribution >= 4 is 28.5 Å². The molecule has 21 heavy (non-hydrogen) atoms. The van der Waals surface area contributed by atoms with Gasteiger partial charge < -0.3 is 15.2 Å². The summed E-state index contributed by atoms with van der Waals surface area (Å²) in [6.45, 7) is 5.64. The Morgan fingerprint density at radius 2 is 2.10 bits per heavy atom. The van der Waals surface area contributed by atoms with Gasteiger partial charge >= 0.3 is 12.1 Å². The summed E-state index contributed by atoms with van der Waals surface area (Å²) in [5.74, 6) is -1.04. The van der Waals surface area contributed by atoms with Gasteiger partial charge in [-0.15, -0.1) is 0 Å². The molecule has 0 atom stereocenters. The number of carboxylic acids is 1. The van der Waals surface area contributed by atoms with Crippen LogP contribution in [0.25, 0.3) is 0 Å². The first-order chi connectivity index (χ1) is 9.74. The second kappa shape index (κ2) is 5.98. The Hall–Kier alpha value is -1.67. The Kier molecular flexibility index (Phi) is 4.48. The smallest absolute Gasteiger partial charge is 0.413 e. The van der Waals surface area contributed by atoms with E-state index in [1.54, 1.807) is 20.8 Å². The van der Waals surface area contributed by atoms with Gasteiger partial charge in [0.2, 0.25) is 0 Å². The lowest BCUT2D eigenvalue weighted by Crippen LogP contribution is -2.27. The summed E-state index contributed by atoms with van der Waals surface area (Å²) < 4.78 is 5.11. The number of anilines is 1. The van der Waals surface area contributed by atoms with Gasteiger partial charge in [0.15, 0.2) is 5.13 Å². The maximum atomic E-state index is 11.7. The number of carbonyl (C=O) groups excluding carboxylic acids is 1. The Morgan fingerprint density at radius 3 is 2.62 bits per heavy atom. The summed E-state index contributed by atoms with van der Waals surface area (Å²) in [4.78, 5) is 27.2. The molecule has 0 aromatic carbocycles. The highest BCUT2D eigenvalue weighted by molar-refractivity contribution is 7.17. The van der Waals surface area contributed by atoms with Crippen LogP contribution in [0.2, 0.25) is 0 Å². The molecule has 0 radical (unpaired) electrons. The Bertz CT molecular complexity index is 546. The van der Waals surface area contributed by atoms with E-state index in [1.807, 2.05) is 0 Å². The van der Waals surface area contributed by atoms with Gasteiger partial charge in [0.25, 0.3) is 0 Å². The third-order valence-electron chi connectivity index (χ3n) is 2.63. The molecule has 1 aromatic heterocycles. The van der Waals surface area contributed by atoms with E-state index in [4.69, 9.17) is 4.74 Å². The minimum atomic E-state index is -1.04. The normalized spacial score (nSPS) is 14.8. The van der Waals surface area contributed by atoms with Crippen LogP contribution >= 0.6 is 11.3 Å². The monoisotopic (exact) mass is 313 g/mol. The van der Waals surface area contributed by atoms with E-state index in [0.29, 0.717) is 18.3 Å². The molecule has 0 saturated heterocycles. The van der Waals surface area contributed by atoms with E-state index in [-0.39, 0.29) is 10.0 Å². The van der Waals surface area contributed by atoms with Crippen LogP contribution in [-0.2, 0) is 11.3 Å². The van der Waals surface area contributed by atoms with E-state index in [2.05, 4.69) is 15.6 Å². The van der Waals surface area contributed by atoms with Gasteiger partial charge in [0.1, 0.15) is 10.5 Å². The van der Waals surface area contributed by atoms with Crippen molar-refractivity contribution in [1.29, 1.82) is 0 Å². The van der Waals surface area contributed by atoms with Crippen LogP contribution in [0.3, 0.4) is 0 Å². The van der Waals surface area contributed by atoms with E-state index in [1.165, 1.54) is 0 Å². The van der Waals surface area contributed by atoms with Crippen molar-refractivity contribution < 1.29 is 19.4 Å². The fourth-order valence-electron chi connectivity index (χ4n) is 1.61. The molecule has 0 bridgehead atoms. The predicted octanol–water partition coefficient (Wildman–Crippen LogP) is 2.44. The lowest BCUT2D eigenvalue weighted by atomic mass is 10.2. The molecule has 1 fully saturated rings. The molecule has 1 amide bonds. The SMILES string of the molecule is CC(C)(C)OC(=O)Nc1nc(CNC2CC2)c(C(=O)O)s1. The van der Waals surface area contributed by atoms with Crippen LogP contribution in [0.1, 0.15) is 49.0 Å². The number of thiazole rings is 1. The maximum Gasteiger partial charge on any atom is 0.413 e. The van der Waals surface area contributed by atoms with Crippen molar-refractivity contribution in [3.8, 4) is 0 Å². The number of hydrogen-bond donors (Lipinski definition) is 3. The van der Waals surface area contributed by atoms with Crippen LogP contribution < -0.4 is 10.6 Å². The third kappa shape index (κ3) is 4.98. The van der Waals surface area contributed by atoms with Crippen LogP contribution in [0.15, 0.2) is 0 Å². The Labute approximate surface area is 126 Å². The van der Waals surface area contributed by atoms with E-state index < -0.39 is 17.7 Å². The fraction of sp³-hybridized carbons (Fsp3) is 0.615. The van der Waals surface area contributed by atoms with Gasteiger partial charge in [-0.05, 0) is 33.6 Å². The highest BCUT2D eigenvalue weighted by atomic mass is 32.1. The second-order valence-electron chi connectivity index (χ2n) is 5.88. The second-order valence-corrected chi connectivity index (χ2v) is 6.88. The number of aromatic nitrogens is 1. The summed E-state index contributed by atoms with van der Waals surface area (Å²) in [5, 5.41) is 15.1. The molecule has 2 rings (SSSR count). The number of rotatable bonds is 5. The molecule has 1 heterocycles. The van der Waals surface area contributed by atoms with Crippen molar-refractivity contribution in [2.45, 2.75) is 51.8 Å². The van der Waals surface area contributed by atoms with Crippen molar-refractivity contribution in [1.82, 2.24) is 10.3 Å². The maximum absolute atomic E-state index is 11.7. The van der Waals surface area contributed by atoms with Crippen molar-refractivity contribution in [2.75, 3.05) is 5.32 Å². The molecular formula is C13H19N3O4S. The summed E-state index contributed by atoms with van der Waals surface area (Å²) >= 11 is 0.931. The number of ether oxygens (including phenoxy) is 1. The molecule has 1 saturated carbocycles. The summed E-state index contributed by atoms with van der Waals surface area (Å²) in [6, 6.07) is 0.454. The molecule has 8 heteroatoms. The lowest BCUT2D eigenvalue weighted by molar-refractivity contribution is 0.0634. The van der Waals surface area contributed by atoms with Crippen LogP contribution in [0.4, 0.5) is 9.93 Å². The van der Waals surface area contributed by atoms with Crippen molar-refractivity contribution in [3.63, 3.8) is 0 Å². The zero-order valence-electron chi connectivity index (χ0n) is 12.2. The largest absolute Gasteiger partial charge is 0.477 e. The number of hydrogen-bond acceptors (Lipinski definition) is 6. The molecule has 7 nitrogen and oxygen atoms in total. The third-order valence-corrected chi connectivity index (χ3v) is 3.64. The minimum Gasteiger partial charge on any atom is -0.477 e. The number of carbonyl (C=O) groups is 2. The lowest BCUT2D eigenvalue weighted by Gasteiger charge is -2.18. The highest BCUT2D eigenvalue weighted by Gasteiger charge is 2.24. The van der Waals surface area contributed by atoms with Gasteiger partial charge in [-0.1, -0.05) is 11.3 Å². The van der Waals surface area contributed by atoms with E-state index >= 15 is 0 Å². The molecule has 1 aromatic rings. The van der Waals surface area contributed by atoms with E-state index in [9.17, 15) is 14.7 Å². The summed E-state index contributed by atoms with van der Waals surface area (Å²) in [6.07, 6.45) is 1.57. The molecule has 0 aliphatic heterocycles. The zero-order chi connectivity index (χ0) is 15.6. The molecule has 1 aliphatic rings. The van der Waals surface area contributed by atoms with Gasteiger partial charge in [-0.25, -0.2) is 14.6 Å². The molecular weight excluding hydrogens is 294 g/mol. The average molecular weight is 313 g/mol. The number of aromatic carboxylic acids is 1. The topological polar surface area (TPSA) is 101 Å². The van der Waals surface area contributed by atoms with Crippen molar-refractivity contribution in [3.05, 3.63) is 10.6 Å². The molecule has 0 unspecified atom stereocenters. The van der Waals surface area contributed by atoms with Gasteiger partial charge in [0, 0.05) is 12.6 Å². The van der Waals surface area contributed by atoms with Gasteiger partial charge in [-0.2, -0.15) is 0 Å². The Morgan fingerprint density at radius 1 is 1.43 bits per heavy atom. The van der Waals surface area contributed by atoms with E-state index in [0.717, 1.165) is 24.2 Å². The first-order valence-electron chi connectivity index (χ1n) is 6.71. The highest BCUT2D eigenvalue weighted by Crippen LogP contribution is 2.25. The average Bonchev–Trinajstić information content (AvgIpc) is 3.05. The number of nitrogens with one attached hydrogen (secondary N) is 2. The van der Waals surface area contributed by atoms with Gasteiger partial charge in [0.05, 0.1) is 5.69 Å². The van der Waals surface area contributed by atoms with Crippen molar-refractivity contribution in [2.24, 2.45) is 0 Å². The molecule has 116 valence electrons. The first kappa shape index (κ1) is 15.7. The Balaban J connectivity index is 2.03. The molecule has 1 aliphatic carbocycles. The van der Waals surface area contributed by atoms with Crippen LogP contribution in [0.5, 0.6) is 0 Å². The summed E-state index contributed by atoms with van der Waals surface area (Å²) in [7, 11) is 0. The molecule has 0 spiro atoms. The van der Waals surface area contributed by atoms with Crippen LogP contribution in [0, 0.1) is 0 Å². The summed E-state index contributed by atoms with van der Waals surface area (Å²) in [5.41, 5.74) is -0.182. The number of carboxylic acid groups (broad SMARTS) is 1. The van der Waals surface area contributed by atoms with Crippen LogP contribution in [-0.4, -0.2) is 33.8 Å². The minimum absolute atomic E-state index is 0.134. The predicted molar refractivity (Wildman–Crippen MR) is 78.8 cm³/mol. The number of nitrogens with zero attached hydrogens (tertiary/aromatic N) is 1. The molecule has 3 N–H and O–H groups in total. The fourth-order valence-corrected chi connectivity index (χ4v) is 2.42. The van der Waals surface area contributed by atoms with Gasteiger partial charge in [-0.3, -0.25) is 5.32 Å². The number of amides is 1. The first-order valence-corrected chi connectivity index (χ1v) is 7.52.